The fourth-order valence-corrected chi connectivity index (χ4v) is 5.36. The normalized spacial score (nSPS) is 13.6. The van der Waals surface area contributed by atoms with Crippen LogP contribution in [0.25, 0.3) is 10.9 Å². The van der Waals surface area contributed by atoms with Gasteiger partial charge in [0, 0.05) is 17.1 Å². The van der Waals surface area contributed by atoms with E-state index >= 15 is 0 Å². The van der Waals surface area contributed by atoms with E-state index < -0.39 is 27.8 Å². The largest absolute Gasteiger partial charge is 0.478 e. The number of hydrogen-bond acceptors (Lipinski definition) is 6. The van der Waals surface area contributed by atoms with Crippen LogP contribution in [0.4, 0.5) is 0 Å². The van der Waals surface area contributed by atoms with E-state index in [1.807, 2.05) is 13.8 Å². The van der Waals surface area contributed by atoms with Crippen molar-refractivity contribution in [1.82, 2.24) is 9.71 Å². The minimum Gasteiger partial charge on any atom is -0.478 e. The average Bonchev–Trinajstić information content (AvgIpc) is 3.50. The number of H-pyrrole nitrogens is 1. The van der Waals surface area contributed by atoms with E-state index in [4.69, 9.17) is 9.47 Å². The first kappa shape index (κ1) is 24.4. The molecule has 3 N–H and O–H groups in total. The van der Waals surface area contributed by atoms with E-state index in [1.165, 1.54) is 24.3 Å². The fraction of sp³-hybridized carbons (Fsp3) is 0.185. The number of fused-ring (bicyclic) bond motifs is 2. The van der Waals surface area contributed by atoms with Crippen molar-refractivity contribution in [2.24, 2.45) is 0 Å². The van der Waals surface area contributed by atoms with Gasteiger partial charge < -0.3 is 19.6 Å². The summed E-state index contributed by atoms with van der Waals surface area (Å²) in [5.41, 5.74) is 2.52. The predicted molar refractivity (Wildman–Crippen MR) is 136 cm³/mol. The summed E-state index contributed by atoms with van der Waals surface area (Å²) in [6, 6.07) is 15.8. The molecule has 1 atom stereocenters. The second-order valence-electron chi connectivity index (χ2n) is 9.05. The van der Waals surface area contributed by atoms with Gasteiger partial charge in [0.15, 0.2) is 11.5 Å². The summed E-state index contributed by atoms with van der Waals surface area (Å²) in [5, 5.41) is 9.91. The lowest BCUT2D eigenvalue weighted by molar-refractivity contribution is -0.119. The molecule has 190 valence electrons. The Kier molecular flexibility index (Phi) is 6.12. The third kappa shape index (κ3) is 4.63. The Labute approximate surface area is 213 Å². The van der Waals surface area contributed by atoms with E-state index in [0.717, 1.165) is 5.56 Å². The molecule has 3 aromatic carbocycles. The summed E-state index contributed by atoms with van der Waals surface area (Å²) in [6.45, 7) is 4.05. The minimum absolute atomic E-state index is 0.0280. The highest BCUT2D eigenvalue weighted by Gasteiger charge is 2.31. The molecule has 5 rings (SSSR count). The van der Waals surface area contributed by atoms with Crippen molar-refractivity contribution < 1.29 is 32.6 Å². The molecule has 1 unspecified atom stereocenters. The quantitative estimate of drug-likeness (QED) is 0.330. The van der Waals surface area contributed by atoms with Crippen LogP contribution >= 0.6 is 0 Å². The van der Waals surface area contributed by atoms with Crippen molar-refractivity contribution in [3.63, 3.8) is 0 Å². The van der Waals surface area contributed by atoms with Gasteiger partial charge in [0.25, 0.3) is 10.0 Å². The number of carbonyl (C=O) groups is 2. The van der Waals surface area contributed by atoms with Gasteiger partial charge in [-0.05, 0) is 59.0 Å². The zero-order chi connectivity index (χ0) is 26.3. The summed E-state index contributed by atoms with van der Waals surface area (Å²) in [6.07, 6.45) is 1.58. The van der Waals surface area contributed by atoms with E-state index in [2.05, 4.69) is 9.71 Å². The van der Waals surface area contributed by atoms with Crippen molar-refractivity contribution in [1.29, 1.82) is 0 Å². The van der Waals surface area contributed by atoms with E-state index in [9.17, 15) is 23.1 Å². The second-order valence-corrected chi connectivity index (χ2v) is 10.7. The smallest absolute Gasteiger partial charge is 0.335 e. The van der Waals surface area contributed by atoms with Gasteiger partial charge in [-0.25, -0.2) is 17.9 Å². The molecule has 0 saturated carbocycles. The second kappa shape index (κ2) is 9.29. The Morgan fingerprint density at radius 1 is 0.946 bits per heavy atom. The van der Waals surface area contributed by atoms with Crippen LogP contribution in [0.5, 0.6) is 11.5 Å². The Morgan fingerprint density at radius 3 is 2.35 bits per heavy atom. The number of amides is 1. The standard InChI is InChI=1S/C27H24N2O7S/c1-15(2)16-3-7-19(8-4-16)37(33,34)29-26(30)25(17-6-10-23-24(12-17)36-14-35-23)21-13-28-22-11-18(27(31)32)5-9-20(21)22/h3-13,15,25,28H,14H2,1-2H3,(H,29,30)(H,31,32). The van der Waals surface area contributed by atoms with Crippen molar-refractivity contribution in [3.05, 3.63) is 89.1 Å². The molecule has 0 aliphatic carbocycles. The molecule has 0 radical (unpaired) electrons. The lowest BCUT2D eigenvalue weighted by Crippen LogP contribution is -2.35. The number of carbonyl (C=O) groups excluding carboxylic acids is 1. The number of aromatic nitrogens is 1. The number of nitrogens with one attached hydrogen (secondary N) is 2. The molecule has 1 aliphatic rings. The van der Waals surface area contributed by atoms with Crippen LogP contribution in [-0.2, 0) is 14.8 Å². The molecule has 37 heavy (non-hydrogen) atoms. The van der Waals surface area contributed by atoms with Crippen molar-refractivity contribution in [2.45, 2.75) is 30.6 Å². The first-order valence-electron chi connectivity index (χ1n) is 11.5. The third-order valence-corrected chi connectivity index (χ3v) is 7.72. The van der Waals surface area contributed by atoms with Crippen LogP contribution in [0, 0.1) is 0 Å². The van der Waals surface area contributed by atoms with Crippen LogP contribution < -0.4 is 14.2 Å². The van der Waals surface area contributed by atoms with Gasteiger partial charge in [-0.1, -0.05) is 38.1 Å². The molecule has 9 nitrogen and oxygen atoms in total. The van der Waals surface area contributed by atoms with Gasteiger partial charge in [0.2, 0.25) is 12.7 Å². The van der Waals surface area contributed by atoms with E-state index in [-0.39, 0.29) is 23.2 Å². The molecule has 1 amide bonds. The van der Waals surface area contributed by atoms with E-state index in [1.54, 1.807) is 42.6 Å². The SMILES string of the molecule is CC(C)c1ccc(S(=O)(=O)NC(=O)C(c2ccc3c(c2)OCO3)c2c[nH]c3cc(C(=O)O)ccc23)cc1. The monoisotopic (exact) mass is 520 g/mol. The van der Waals surface area contributed by atoms with Crippen LogP contribution in [0.3, 0.4) is 0 Å². The van der Waals surface area contributed by atoms with Gasteiger partial charge in [-0.2, -0.15) is 0 Å². The molecule has 10 heteroatoms. The first-order chi connectivity index (χ1) is 17.6. The topological polar surface area (TPSA) is 135 Å². The fourth-order valence-electron chi connectivity index (χ4n) is 4.37. The number of carboxylic acids is 1. The summed E-state index contributed by atoms with van der Waals surface area (Å²) < 4.78 is 39.4. The predicted octanol–water partition coefficient (Wildman–Crippen LogP) is 4.36. The Hall–Kier alpha value is -4.31. The van der Waals surface area contributed by atoms with Crippen molar-refractivity contribution in [3.8, 4) is 11.5 Å². The zero-order valence-electron chi connectivity index (χ0n) is 20.0. The molecule has 0 saturated heterocycles. The third-order valence-electron chi connectivity index (χ3n) is 6.36. The highest BCUT2D eigenvalue weighted by molar-refractivity contribution is 7.90. The number of rotatable bonds is 7. The summed E-state index contributed by atoms with van der Waals surface area (Å²) >= 11 is 0. The summed E-state index contributed by atoms with van der Waals surface area (Å²) in [4.78, 5) is 28.0. The maximum atomic E-state index is 13.7. The van der Waals surface area contributed by atoms with Gasteiger partial charge in [0.05, 0.1) is 16.4 Å². The zero-order valence-corrected chi connectivity index (χ0v) is 20.8. The molecule has 0 spiro atoms. The maximum absolute atomic E-state index is 13.7. The Morgan fingerprint density at radius 2 is 1.65 bits per heavy atom. The Bertz CT molecular complexity index is 1620. The molecular formula is C27H24N2O7S. The number of hydrogen-bond donors (Lipinski definition) is 3. The van der Waals surface area contributed by atoms with Crippen molar-refractivity contribution in [2.75, 3.05) is 6.79 Å². The minimum atomic E-state index is -4.17. The number of ether oxygens (including phenoxy) is 2. The maximum Gasteiger partial charge on any atom is 0.335 e. The molecule has 2 heterocycles. The van der Waals surface area contributed by atoms with Gasteiger partial charge in [-0.15, -0.1) is 0 Å². The highest BCUT2D eigenvalue weighted by Crippen LogP contribution is 2.38. The molecular weight excluding hydrogens is 496 g/mol. The van der Waals surface area contributed by atoms with Gasteiger partial charge in [0.1, 0.15) is 0 Å². The number of benzene rings is 3. The summed E-state index contributed by atoms with van der Waals surface area (Å²) in [7, 11) is -4.17. The van der Waals surface area contributed by atoms with Gasteiger partial charge in [-0.3, -0.25) is 4.79 Å². The number of aromatic amines is 1. The van der Waals surface area contributed by atoms with Gasteiger partial charge >= 0.3 is 5.97 Å². The van der Waals surface area contributed by atoms with Crippen LogP contribution in [0.1, 0.15) is 52.7 Å². The van der Waals surface area contributed by atoms with Crippen molar-refractivity contribution >= 4 is 32.8 Å². The number of carboxylic acid groups (broad SMARTS) is 1. The lowest BCUT2D eigenvalue weighted by Gasteiger charge is -2.18. The van der Waals surface area contributed by atoms with E-state index in [0.29, 0.717) is 33.5 Å². The molecule has 1 aromatic heterocycles. The van der Waals surface area contributed by atoms with Crippen LogP contribution in [-0.4, -0.2) is 37.2 Å². The first-order valence-corrected chi connectivity index (χ1v) is 13.0. The highest BCUT2D eigenvalue weighted by atomic mass is 32.2. The van der Waals surface area contributed by atoms with Crippen LogP contribution in [0.15, 0.2) is 71.8 Å². The molecule has 1 aliphatic heterocycles. The molecule has 0 fully saturated rings. The summed E-state index contributed by atoms with van der Waals surface area (Å²) in [5.74, 6) is -1.72. The average molecular weight is 521 g/mol. The Balaban J connectivity index is 1.56. The molecule has 4 aromatic rings. The lowest BCUT2D eigenvalue weighted by atomic mass is 9.90. The van der Waals surface area contributed by atoms with Crippen LogP contribution in [0.2, 0.25) is 0 Å². The number of aromatic carboxylic acids is 1. The molecule has 0 bridgehead atoms. The number of sulfonamides is 1.